The molecule has 1 aromatic heterocycles. The topological polar surface area (TPSA) is 42.2 Å². The molecule has 0 aliphatic carbocycles. The van der Waals surface area contributed by atoms with Gasteiger partial charge in [0.05, 0.1) is 0 Å². The Hall–Kier alpha value is -1.25. The van der Waals surface area contributed by atoms with Gasteiger partial charge in [-0.2, -0.15) is 0 Å². The molecular formula is C11H17NO2. The van der Waals surface area contributed by atoms with Crippen molar-refractivity contribution in [2.24, 2.45) is 0 Å². The minimum Gasteiger partial charge on any atom is -0.503 e. The van der Waals surface area contributed by atoms with Crippen molar-refractivity contribution < 1.29 is 5.11 Å². The van der Waals surface area contributed by atoms with Crippen LogP contribution in [0.3, 0.4) is 0 Å². The van der Waals surface area contributed by atoms with Crippen LogP contribution in [0.4, 0.5) is 0 Å². The molecule has 3 nitrogen and oxygen atoms in total. The molecule has 3 heteroatoms. The van der Waals surface area contributed by atoms with E-state index in [2.05, 4.69) is 0 Å². The van der Waals surface area contributed by atoms with Crippen LogP contribution >= 0.6 is 0 Å². The summed E-state index contributed by atoms with van der Waals surface area (Å²) in [6, 6.07) is 1.95. The van der Waals surface area contributed by atoms with E-state index in [0.29, 0.717) is 6.42 Å². The molecule has 78 valence electrons. The third-order valence-electron chi connectivity index (χ3n) is 2.39. The summed E-state index contributed by atoms with van der Waals surface area (Å²) in [7, 11) is 0. The van der Waals surface area contributed by atoms with Gasteiger partial charge in [0.2, 0.25) is 0 Å². The minimum absolute atomic E-state index is 0.0827. The average molecular weight is 195 g/mol. The molecule has 14 heavy (non-hydrogen) atoms. The van der Waals surface area contributed by atoms with Crippen LogP contribution in [0.25, 0.3) is 0 Å². The predicted octanol–water partition coefficient (Wildman–Crippen LogP) is 2.01. The van der Waals surface area contributed by atoms with Gasteiger partial charge in [-0.1, -0.05) is 6.92 Å². The summed E-state index contributed by atoms with van der Waals surface area (Å²) in [4.78, 5) is 11.7. The van der Waals surface area contributed by atoms with Crippen LogP contribution in [0.15, 0.2) is 10.9 Å². The molecule has 0 unspecified atom stereocenters. The zero-order valence-corrected chi connectivity index (χ0v) is 9.16. The van der Waals surface area contributed by atoms with Crippen molar-refractivity contribution in [3.05, 3.63) is 27.7 Å². The molecule has 0 spiro atoms. The average Bonchev–Trinajstić information content (AvgIpc) is 2.10. The smallest absolute Gasteiger partial charge is 0.293 e. The molecule has 0 fully saturated rings. The van der Waals surface area contributed by atoms with Crippen molar-refractivity contribution in [3.8, 4) is 5.75 Å². The van der Waals surface area contributed by atoms with Gasteiger partial charge in [-0.3, -0.25) is 4.79 Å². The lowest BCUT2D eigenvalue weighted by atomic mass is 10.1. The molecule has 0 aliphatic rings. The van der Waals surface area contributed by atoms with E-state index in [1.54, 1.807) is 4.57 Å². The molecule has 1 rings (SSSR count). The van der Waals surface area contributed by atoms with Crippen LogP contribution < -0.4 is 5.56 Å². The largest absolute Gasteiger partial charge is 0.503 e. The summed E-state index contributed by atoms with van der Waals surface area (Å²) in [6.07, 6.45) is 0.681. The Labute approximate surface area is 84.0 Å². The maximum atomic E-state index is 11.7. The van der Waals surface area contributed by atoms with Crippen LogP contribution in [0.1, 0.15) is 38.1 Å². The highest BCUT2D eigenvalue weighted by Crippen LogP contribution is 2.16. The van der Waals surface area contributed by atoms with E-state index in [4.69, 9.17) is 0 Å². The fourth-order valence-corrected chi connectivity index (χ4v) is 1.71. The molecule has 0 aliphatic heterocycles. The van der Waals surface area contributed by atoms with Gasteiger partial charge < -0.3 is 9.67 Å². The van der Waals surface area contributed by atoms with E-state index in [0.717, 1.165) is 11.3 Å². The summed E-state index contributed by atoms with van der Waals surface area (Å²) >= 11 is 0. The second-order valence-corrected chi connectivity index (χ2v) is 3.78. The first-order valence-corrected chi connectivity index (χ1v) is 4.93. The summed E-state index contributed by atoms with van der Waals surface area (Å²) < 4.78 is 1.61. The highest BCUT2D eigenvalue weighted by Gasteiger charge is 2.12. The number of hydrogen-bond donors (Lipinski definition) is 1. The van der Waals surface area contributed by atoms with Crippen LogP contribution in [-0.4, -0.2) is 9.67 Å². The summed E-state index contributed by atoms with van der Waals surface area (Å²) in [6.45, 7) is 7.67. The van der Waals surface area contributed by atoms with E-state index >= 15 is 0 Å². The quantitative estimate of drug-likeness (QED) is 0.784. The third kappa shape index (κ3) is 1.67. The zero-order chi connectivity index (χ0) is 10.9. The summed E-state index contributed by atoms with van der Waals surface area (Å²) in [5, 5.41) is 9.62. The van der Waals surface area contributed by atoms with Crippen molar-refractivity contribution in [1.82, 2.24) is 4.57 Å². The summed E-state index contributed by atoms with van der Waals surface area (Å²) in [5.41, 5.74) is 1.35. The maximum Gasteiger partial charge on any atom is 0.293 e. The van der Waals surface area contributed by atoms with Gasteiger partial charge in [0, 0.05) is 17.3 Å². The van der Waals surface area contributed by atoms with Crippen LogP contribution in [-0.2, 0) is 6.42 Å². The number of rotatable bonds is 2. The molecule has 0 saturated heterocycles. The Morgan fingerprint density at radius 2 is 2.07 bits per heavy atom. The maximum absolute atomic E-state index is 11.7. The van der Waals surface area contributed by atoms with Gasteiger partial charge in [0.15, 0.2) is 5.75 Å². The molecule has 0 bridgehead atoms. The Morgan fingerprint density at radius 1 is 1.50 bits per heavy atom. The first kappa shape index (κ1) is 10.8. The fourth-order valence-electron chi connectivity index (χ4n) is 1.71. The van der Waals surface area contributed by atoms with E-state index in [1.165, 1.54) is 0 Å². The second kappa shape index (κ2) is 3.86. The van der Waals surface area contributed by atoms with Gasteiger partial charge in [-0.15, -0.1) is 0 Å². The number of aromatic hydroxyl groups is 1. The lowest BCUT2D eigenvalue weighted by Crippen LogP contribution is -2.24. The second-order valence-electron chi connectivity index (χ2n) is 3.78. The first-order chi connectivity index (χ1) is 6.49. The first-order valence-electron chi connectivity index (χ1n) is 4.93. The highest BCUT2D eigenvalue weighted by molar-refractivity contribution is 5.32. The van der Waals surface area contributed by atoms with Gasteiger partial charge in [-0.05, 0) is 33.3 Å². The molecule has 0 radical (unpaired) electrons. The van der Waals surface area contributed by atoms with E-state index in [-0.39, 0.29) is 17.4 Å². The summed E-state index contributed by atoms with van der Waals surface area (Å²) in [5.74, 6) is -0.105. The zero-order valence-electron chi connectivity index (χ0n) is 9.16. The molecule has 0 atom stereocenters. The van der Waals surface area contributed by atoms with E-state index in [9.17, 15) is 9.90 Å². The molecule has 0 amide bonds. The van der Waals surface area contributed by atoms with Gasteiger partial charge in [-0.25, -0.2) is 0 Å². The Bertz CT molecular complexity index is 391. The van der Waals surface area contributed by atoms with Crippen molar-refractivity contribution in [2.75, 3.05) is 0 Å². The Morgan fingerprint density at radius 3 is 2.50 bits per heavy atom. The standard InChI is InChI=1S/C11H17NO2/c1-5-9-6-8(4)12(7(2)3)11(14)10(9)13/h6-7,13H,5H2,1-4H3. The van der Waals surface area contributed by atoms with Gasteiger partial charge in [0.1, 0.15) is 0 Å². The fraction of sp³-hybridized carbons (Fsp3) is 0.545. The third-order valence-corrected chi connectivity index (χ3v) is 2.39. The predicted molar refractivity (Wildman–Crippen MR) is 56.9 cm³/mol. The lowest BCUT2D eigenvalue weighted by molar-refractivity contribution is 0.439. The van der Waals surface area contributed by atoms with Crippen molar-refractivity contribution >= 4 is 0 Å². The normalized spacial score (nSPS) is 10.9. The number of nitrogens with zero attached hydrogens (tertiary/aromatic N) is 1. The molecular weight excluding hydrogens is 178 g/mol. The molecule has 0 saturated carbocycles. The van der Waals surface area contributed by atoms with Crippen LogP contribution in [0.2, 0.25) is 0 Å². The number of hydrogen-bond acceptors (Lipinski definition) is 2. The van der Waals surface area contributed by atoms with Gasteiger partial charge >= 0.3 is 0 Å². The molecule has 1 N–H and O–H groups in total. The molecule has 1 heterocycles. The number of pyridine rings is 1. The lowest BCUT2D eigenvalue weighted by Gasteiger charge is -2.15. The minimum atomic E-state index is -0.281. The van der Waals surface area contributed by atoms with Gasteiger partial charge in [0.25, 0.3) is 5.56 Å². The monoisotopic (exact) mass is 195 g/mol. The van der Waals surface area contributed by atoms with Crippen molar-refractivity contribution in [3.63, 3.8) is 0 Å². The number of aromatic nitrogens is 1. The molecule has 0 aromatic carbocycles. The molecule has 1 aromatic rings. The number of aryl methyl sites for hydroxylation is 2. The highest BCUT2D eigenvalue weighted by atomic mass is 16.3. The van der Waals surface area contributed by atoms with Crippen LogP contribution in [0, 0.1) is 6.92 Å². The Kier molecular flexibility index (Phi) is 2.99. The van der Waals surface area contributed by atoms with E-state index < -0.39 is 0 Å². The van der Waals surface area contributed by atoms with Crippen molar-refractivity contribution in [2.45, 2.75) is 40.2 Å². The van der Waals surface area contributed by atoms with E-state index in [1.807, 2.05) is 33.8 Å². The van der Waals surface area contributed by atoms with Crippen LogP contribution in [0.5, 0.6) is 5.75 Å². The van der Waals surface area contributed by atoms with Crippen molar-refractivity contribution in [1.29, 1.82) is 0 Å². The SMILES string of the molecule is CCc1cc(C)n(C(C)C)c(=O)c1O. The Balaban J connectivity index is 3.50.